The number of β-amino-alcohol motifs (C(OH)–C–C–N with tert-alkyl or cyclic N) is 1. The number of hydrogen-bond donors (Lipinski definition) is 3. The summed E-state index contributed by atoms with van der Waals surface area (Å²) in [7, 11) is 0. The summed E-state index contributed by atoms with van der Waals surface area (Å²) in [5.41, 5.74) is -2.24. The van der Waals surface area contributed by atoms with E-state index in [9.17, 15) is 23.1 Å². The number of amides is 1. The van der Waals surface area contributed by atoms with Crippen molar-refractivity contribution in [3.05, 3.63) is 69.6 Å². The first kappa shape index (κ1) is 23.6. The Kier molecular flexibility index (Phi) is 6.68. The van der Waals surface area contributed by atoms with Crippen LogP contribution in [0.1, 0.15) is 24.2 Å². The molecule has 9 heteroatoms. The molecule has 2 aromatic rings. The minimum absolute atomic E-state index is 0.0163. The zero-order valence-electron chi connectivity index (χ0n) is 17.1. The Morgan fingerprint density at radius 1 is 1.26 bits per heavy atom. The lowest BCUT2D eigenvalue weighted by Crippen LogP contribution is -2.68. The van der Waals surface area contributed by atoms with Crippen molar-refractivity contribution in [3.63, 3.8) is 0 Å². The summed E-state index contributed by atoms with van der Waals surface area (Å²) in [6.07, 6.45) is 1.71. The first-order valence-electron chi connectivity index (χ1n) is 9.55. The van der Waals surface area contributed by atoms with Gasteiger partial charge in [0.2, 0.25) is 0 Å². The number of anilines is 2. The summed E-state index contributed by atoms with van der Waals surface area (Å²) in [4.78, 5) is 14.3. The lowest BCUT2D eigenvalue weighted by molar-refractivity contribution is -0.0806. The molecule has 1 fully saturated rings. The summed E-state index contributed by atoms with van der Waals surface area (Å²) in [5.74, 6) is -3.71. The molecule has 1 aliphatic heterocycles. The molecular weight excluding hydrogens is 522 g/mol. The molecule has 31 heavy (non-hydrogen) atoms. The largest absolute Gasteiger partial charge is 0.385 e. The quantitative estimate of drug-likeness (QED) is 0.361. The normalized spacial score (nSPS) is 15.4. The highest BCUT2D eigenvalue weighted by molar-refractivity contribution is 14.1. The van der Waals surface area contributed by atoms with Crippen molar-refractivity contribution < 1.29 is 23.1 Å². The highest BCUT2D eigenvalue weighted by Crippen LogP contribution is 2.31. The summed E-state index contributed by atoms with van der Waals surface area (Å²) in [5, 5.41) is 16.3. The molecule has 0 saturated carbocycles. The number of benzene rings is 2. The number of halogens is 4. The van der Waals surface area contributed by atoms with E-state index in [2.05, 4.69) is 17.2 Å². The molecule has 1 amide bonds. The number of hydrogen-bond acceptors (Lipinski definition) is 4. The van der Waals surface area contributed by atoms with Crippen LogP contribution in [-0.2, 0) is 0 Å². The number of nitrogens with zero attached hydrogens (tertiary/aromatic N) is 1. The average molecular weight is 545 g/mol. The van der Waals surface area contributed by atoms with E-state index in [1.54, 1.807) is 12.1 Å². The van der Waals surface area contributed by atoms with Gasteiger partial charge in [0.05, 0.1) is 30.0 Å². The molecule has 0 radical (unpaired) electrons. The predicted octanol–water partition coefficient (Wildman–Crippen LogP) is 4.19. The van der Waals surface area contributed by atoms with Crippen LogP contribution in [0.25, 0.3) is 0 Å². The van der Waals surface area contributed by atoms with Crippen LogP contribution in [-0.4, -0.2) is 46.7 Å². The molecule has 166 valence electrons. The van der Waals surface area contributed by atoms with E-state index < -0.39 is 40.2 Å². The predicted molar refractivity (Wildman–Crippen MR) is 122 cm³/mol. The highest BCUT2D eigenvalue weighted by atomic mass is 127. The molecule has 5 nitrogen and oxygen atoms in total. The fourth-order valence-corrected chi connectivity index (χ4v) is 3.58. The van der Waals surface area contributed by atoms with Crippen LogP contribution in [0.2, 0.25) is 0 Å². The Morgan fingerprint density at radius 3 is 2.55 bits per heavy atom. The maximum absolute atomic E-state index is 14.5. The van der Waals surface area contributed by atoms with Crippen molar-refractivity contribution in [1.29, 1.82) is 0 Å². The number of carbonyl (C=O) groups is 1. The first-order chi connectivity index (χ1) is 14.4. The summed E-state index contributed by atoms with van der Waals surface area (Å²) in [6, 6.07) is 6.19. The molecule has 0 bridgehead atoms. The monoisotopic (exact) mass is 545 g/mol. The molecular formula is C22H23F3IN3O2. The van der Waals surface area contributed by atoms with Gasteiger partial charge in [0, 0.05) is 15.7 Å². The molecule has 0 aliphatic carbocycles. The van der Waals surface area contributed by atoms with Gasteiger partial charge in [-0.2, -0.15) is 0 Å². The lowest BCUT2D eigenvalue weighted by atomic mass is 9.91. The fourth-order valence-electron chi connectivity index (χ4n) is 3.13. The second-order valence-electron chi connectivity index (χ2n) is 8.20. The smallest absolute Gasteiger partial charge is 0.256 e. The van der Waals surface area contributed by atoms with Gasteiger partial charge in [-0.3, -0.25) is 4.79 Å². The van der Waals surface area contributed by atoms with Crippen LogP contribution in [0.3, 0.4) is 0 Å². The van der Waals surface area contributed by atoms with Crippen molar-refractivity contribution in [3.8, 4) is 0 Å². The molecule has 0 atom stereocenters. The highest BCUT2D eigenvalue weighted by Gasteiger charge is 2.44. The number of carbonyl (C=O) groups excluding carboxylic acids is 1. The molecule has 1 heterocycles. The van der Waals surface area contributed by atoms with Crippen molar-refractivity contribution in [1.82, 2.24) is 10.2 Å². The molecule has 1 saturated heterocycles. The fraction of sp³-hybridized carbons (Fsp3) is 0.318. The summed E-state index contributed by atoms with van der Waals surface area (Å²) < 4.78 is 43.3. The second-order valence-corrected chi connectivity index (χ2v) is 9.44. The van der Waals surface area contributed by atoms with Gasteiger partial charge in [-0.1, -0.05) is 6.08 Å². The van der Waals surface area contributed by atoms with Gasteiger partial charge in [0.1, 0.15) is 11.4 Å². The van der Waals surface area contributed by atoms with Crippen molar-refractivity contribution in [2.24, 2.45) is 0 Å². The van der Waals surface area contributed by atoms with Crippen LogP contribution in [0.4, 0.5) is 24.5 Å². The summed E-state index contributed by atoms with van der Waals surface area (Å²) >= 11 is 1.92. The first-order valence-corrected chi connectivity index (χ1v) is 10.6. The molecule has 2 aromatic carbocycles. The van der Waals surface area contributed by atoms with Crippen LogP contribution in [0.5, 0.6) is 0 Å². The van der Waals surface area contributed by atoms with Crippen LogP contribution in [0, 0.1) is 21.0 Å². The maximum Gasteiger partial charge on any atom is 0.256 e. The molecule has 0 spiro atoms. The number of rotatable bonds is 7. The molecule has 3 N–H and O–H groups in total. The Labute approximate surface area is 192 Å². The zero-order valence-corrected chi connectivity index (χ0v) is 19.3. The average Bonchev–Trinajstić information content (AvgIpc) is 2.69. The second kappa shape index (κ2) is 8.79. The molecule has 0 aromatic heterocycles. The minimum atomic E-state index is -1.28. The van der Waals surface area contributed by atoms with Gasteiger partial charge in [-0.25, -0.2) is 13.2 Å². The van der Waals surface area contributed by atoms with E-state index >= 15 is 0 Å². The van der Waals surface area contributed by atoms with E-state index in [4.69, 9.17) is 0 Å². The number of likely N-dealkylation sites (tertiary alicyclic amines) is 1. The van der Waals surface area contributed by atoms with E-state index in [-0.39, 0.29) is 30.9 Å². The van der Waals surface area contributed by atoms with Crippen LogP contribution >= 0.6 is 22.6 Å². The van der Waals surface area contributed by atoms with Gasteiger partial charge in [0.25, 0.3) is 5.91 Å². The maximum atomic E-state index is 14.5. The van der Waals surface area contributed by atoms with E-state index in [1.807, 2.05) is 36.4 Å². The Balaban J connectivity index is 1.79. The van der Waals surface area contributed by atoms with Crippen LogP contribution in [0.15, 0.2) is 43.0 Å². The zero-order chi connectivity index (χ0) is 23.0. The number of nitrogens with one attached hydrogen (secondary N) is 2. The molecule has 1 aliphatic rings. The van der Waals surface area contributed by atoms with E-state index in [0.717, 1.165) is 12.1 Å². The topological polar surface area (TPSA) is 64.6 Å². The van der Waals surface area contributed by atoms with Gasteiger partial charge in [-0.05, 0) is 66.8 Å². The third-order valence-corrected chi connectivity index (χ3v) is 5.83. The van der Waals surface area contributed by atoms with E-state index in [0.29, 0.717) is 3.57 Å². The Hall–Kier alpha value is -2.11. The molecule has 3 rings (SSSR count). The Morgan fingerprint density at radius 2 is 1.94 bits per heavy atom. The van der Waals surface area contributed by atoms with Crippen molar-refractivity contribution in [2.75, 3.05) is 25.0 Å². The number of aliphatic hydroxyl groups is 1. The van der Waals surface area contributed by atoms with Crippen molar-refractivity contribution in [2.45, 2.75) is 25.0 Å². The molecule has 0 unspecified atom stereocenters. The van der Waals surface area contributed by atoms with Crippen molar-refractivity contribution >= 4 is 39.9 Å². The van der Waals surface area contributed by atoms with Gasteiger partial charge in [-0.15, -0.1) is 6.58 Å². The van der Waals surface area contributed by atoms with Gasteiger partial charge >= 0.3 is 0 Å². The Bertz CT molecular complexity index is 1020. The third kappa shape index (κ3) is 5.21. The third-order valence-electron chi connectivity index (χ3n) is 5.16. The SMILES string of the molecule is C=CC(C)(C)NCC1(O)CN(C(=O)c2ccc(F)c(F)c2Nc2ccc(I)cc2F)C1. The lowest BCUT2D eigenvalue weighted by Gasteiger charge is -2.47. The van der Waals surface area contributed by atoms with Gasteiger partial charge in [0.15, 0.2) is 11.6 Å². The minimum Gasteiger partial charge on any atom is -0.385 e. The van der Waals surface area contributed by atoms with Crippen LogP contribution < -0.4 is 10.6 Å². The van der Waals surface area contributed by atoms with Gasteiger partial charge < -0.3 is 20.6 Å². The standard InChI is InChI=1S/C22H23F3IN3O2/c1-4-21(2,3)27-10-22(31)11-29(12-22)20(30)14-6-7-15(23)18(25)19(14)28-17-8-5-13(26)9-16(17)24/h4-9,27-28,31H,1,10-12H2,2-3H3. The summed E-state index contributed by atoms with van der Waals surface area (Å²) in [6.45, 7) is 7.78. The van der Waals surface area contributed by atoms with E-state index in [1.165, 1.54) is 17.0 Å².